The summed E-state index contributed by atoms with van der Waals surface area (Å²) in [6.07, 6.45) is 1.50. The van der Waals surface area contributed by atoms with Crippen molar-refractivity contribution in [2.45, 2.75) is 51.9 Å². The fourth-order valence-corrected chi connectivity index (χ4v) is 6.55. The zero-order chi connectivity index (χ0) is 34.7. The third-order valence-corrected chi connectivity index (χ3v) is 9.25. The molecule has 8 nitrogen and oxygen atoms in total. The summed E-state index contributed by atoms with van der Waals surface area (Å²) in [6.45, 7) is 4.74. The molecule has 258 valence electrons. The van der Waals surface area contributed by atoms with Crippen molar-refractivity contribution in [2.24, 2.45) is 0 Å². The lowest BCUT2D eigenvalue weighted by molar-refractivity contribution is -0.142. The van der Waals surface area contributed by atoms with Crippen LogP contribution in [0.5, 0.6) is 0 Å². The Morgan fingerprint density at radius 3 is 1.70 bits per heavy atom. The number of ether oxygens (including phenoxy) is 1. The van der Waals surface area contributed by atoms with E-state index in [9.17, 15) is 14.4 Å². The van der Waals surface area contributed by atoms with Crippen LogP contribution in [0.4, 0.5) is 4.79 Å². The Morgan fingerprint density at radius 1 is 0.600 bits per heavy atom. The molecule has 0 bridgehead atoms. The van der Waals surface area contributed by atoms with Crippen LogP contribution < -0.4 is 5.32 Å². The number of rotatable bonds is 13. The molecule has 0 radical (unpaired) electrons. The number of nitrogens with zero attached hydrogens (tertiary/aromatic N) is 3. The Balaban J connectivity index is 1.27. The van der Waals surface area contributed by atoms with Crippen molar-refractivity contribution >= 4 is 39.5 Å². The van der Waals surface area contributed by atoms with Gasteiger partial charge in [-0.05, 0) is 82.7 Å². The minimum atomic E-state index is -0.521. The van der Waals surface area contributed by atoms with Crippen molar-refractivity contribution in [1.82, 2.24) is 20.0 Å². The topological polar surface area (TPSA) is 82.2 Å². The van der Waals surface area contributed by atoms with Gasteiger partial charge in [0, 0.05) is 26.2 Å². The van der Waals surface area contributed by atoms with E-state index < -0.39 is 6.09 Å². The fourth-order valence-electron chi connectivity index (χ4n) is 6.55. The smallest absolute Gasteiger partial charge is 0.410 e. The molecule has 1 N–H and O–H groups in total. The number of hydrogen-bond donors (Lipinski definition) is 1. The number of fused-ring (bicyclic) bond motifs is 2. The molecule has 1 aliphatic rings. The van der Waals surface area contributed by atoms with E-state index in [4.69, 9.17) is 4.74 Å². The fraction of sp³-hybridized carbons (Fsp3) is 0.310. The van der Waals surface area contributed by atoms with Crippen molar-refractivity contribution < 1.29 is 19.1 Å². The zero-order valence-electron chi connectivity index (χ0n) is 28.8. The molecule has 1 saturated heterocycles. The minimum absolute atomic E-state index is 0.106. The third-order valence-electron chi connectivity index (χ3n) is 9.25. The zero-order valence-corrected chi connectivity index (χ0v) is 28.8. The lowest BCUT2D eigenvalue weighted by Crippen LogP contribution is -2.47. The normalized spacial score (nSPS) is 13.2. The van der Waals surface area contributed by atoms with Crippen LogP contribution in [0.1, 0.15) is 42.9 Å². The van der Waals surface area contributed by atoms with E-state index >= 15 is 0 Å². The van der Waals surface area contributed by atoms with E-state index in [1.54, 1.807) is 4.90 Å². The van der Waals surface area contributed by atoms with Gasteiger partial charge in [-0.2, -0.15) is 0 Å². The van der Waals surface area contributed by atoms with Crippen LogP contribution in [-0.4, -0.2) is 71.4 Å². The Hall–Kier alpha value is -5.21. The minimum Gasteiger partial charge on any atom is -0.446 e. The van der Waals surface area contributed by atoms with E-state index in [-0.39, 0.29) is 44.1 Å². The van der Waals surface area contributed by atoms with Gasteiger partial charge in [0.15, 0.2) is 0 Å². The predicted octanol–water partition coefficient (Wildman–Crippen LogP) is 7.15. The maximum atomic E-state index is 14.4. The number of hydrogen-bond acceptors (Lipinski definition) is 5. The average Bonchev–Trinajstić information content (AvgIpc) is 3.14. The van der Waals surface area contributed by atoms with Gasteiger partial charge < -0.3 is 19.9 Å². The van der Waals surface area contributed by atoms with Gasteiger partial charge in [-0.1, -0.05) is 110 Å². The monoisotopic (exact) mass is 670 g/mol. The number of benzene rings is 5. The predicted molar refractivity (Wildman–Crippen MR) is 198 cm³/mol. The van der Waals surface area contributed by atoms with Crippen molar-refractivity contribution in [3.8, 4) is 0 Å². The maximum absolute atomic E-state index is 14.4. The first-order valence-corrected chi connectivity index (χ1v) is 17.7. The number of carbonyl (C=O) groups excluding carboxylic acids is 3. The highest BCUT2D eigenvalue weighted by Gasteiger charge is 2.28. The van der Waals surface area contributed by atoms with Gasteiger partial charge in [0.05, 0.1) is 0 Å². The first kappa shape index (κ1) is 34.6. The van der Waals surface area contributed by atoms with E-state index in [1.165, 1.54) is 4.90 Å². The van der Waals surface area contributed by atoms with Crippen molar-refractivity contribution in [2.75, 3.05) is 32.7 Å². The molecule has 1 fully saturated rings. The number of nitrogens with one attached hydrogen (secondary N) is 1. The van der Waals surface area contributed by atoms with Gasteiger partial charge in [0.1, 0.15) is 19.2 Å². The van der Waals surface area contributed by atoms with Gasteiger partial charge in [-0.15, -0.1) is 0 Å². The highest BCUT2D eigenvalue weighted by Crippen LogP contribution is 2.21. The molecular formula is C42H46N4O4. The van der Waals surface area contributed by atoms with Gasteiger partial charge in [0.25, 0.3) is 0 Å². The quantitative estimate of drug-likeness (QED) is 0.144. The lowest BCUT2D eigenvalue weighted by Gasteiger charge is -2.31. The molecule has 0 unspecified atom stereocenters. The molecule has 1 aliphatic heterocycles. The van der Waals surface area contributed by atoms with Crippen LogP contribution in [-0.2, 0) is 34.0 Å². The van der Waals surface area contributed by atoms with Crippen LogP contribution in [0.3, 0.4) is 0 Å². The van der Waals surface area contributed by atoms with E-state index in [0.29, 0.717) is 13.1 Å². The second-order valence-electron chi connectivity index (χ2n) is 13.1. The van der Waals surface area contributed by atoms with Gasteiger partial charge >= 0.3 is 6.09 Å². The number of carbonyl (C=O) groups is 3. The Labute approximate surface area is 294 Å². The molecule has 50 heavy (non-hydrogen) atoms. The summed E-state index contributed by atoms with van der Waals surface area (Å²) in [7, 11) is 0. The standard InChI is InChI=1S/C42H46N4O4/c1-2-24-44(27-32-10-4-3-5-11-32)40(47)30-45(28-33-16-18-35-12-6-8-14-37(35)25-33)41(48)31-46(42(49)50-39-20-22-43-23-21-39)29-34-17-19-36-13-7-9-15-38(36)26-34/h3-19,25-26,39,43H,2,20-24,27-31H2,1H3. The first-order chi connectivity index (χ1) is 24.4. The Kier molecular flexibility index (Phi) is 11.7. The van der Waals surface area contributed by atoms with Crippen LogP contribution in [0.25, 0.3) is 21.5 Å². The summed E-state index contributed by atoms with van der Waals surface area (Å²) >= 11 is 0. The lowest BCUT2D eigenvalue weighted by atomic mass is 10.1. The first-order valence-electron chi connectivity index (χ1n) is 17.7. The molecule has 0 atom stereocenters. The second kappa shape index (κ2) is 16.9. The van der Waals surface area contributed by atoms with Crippen LogP contribution in [0.15, 0.2) is 115 Å². The van der Waals surface area contributed by atoms with Crippen molar-refractivity contribution in [3.63, 3.8) is 0 Å². The number of amides is 3. The Morgan fingerprint density at radius 2 is 1.10 bits per heavy atom. The van der Waals surface area contributed by atoms with Crippen LogP contribution in [0.2, 0.25) is 0 Å². The summed E-state index contributed by atoms with van der Waals surface area (Å²) in [5, 5.41) is 7.62. The summed E-state index contributed by atoms with van der Waals surface area (Å²) in [4.78, 5) is 47.1. The van der Waals surface area contributed by atoms with Gasteiger partial charge in [0.2, 0.25) is 11.8 Å². The summed E-state index contributed by atoms with van der Waals surface area (Å²) in [6, 6.07) is 38.2. The molecule has 0 aliphatic carbocycles. The largest absolute Gasteiger partial charge is 0.446 e. The molecule has 0 saturated carbocycles. The molecule has 0 aromatic heterocycles. The van der Waals surface area contributed by atoms with Gasteiger partial charge in [-0.3, -0.25) is 14.5 Å². The summed E-state index contributed by atoms with van der Waals surface area (Å²) < 4.78 is 5.98. The number of piperidine rings is 1. The molecule has 1 heterocycles. The molecule has 6 rings (SSSR count). The van der Waals surface area contributed by atoms with E-state index in [2.05, 4.69) is 17.4 Å². The highest BCUT2D eigenvalue weighted by atomic mass is 16.6. The molecule has 0 spiro atoms. The van der Waals surface area contributed by atoms with Crippen LogP contribution in [0, 0.1) is 0 Å². The molecule has 3 amide bonds. The molecule has 5 aromatic carbocycles. The van der Waals surface area contributed by atoms with E-state index in [1.807, 2.05) is 115 Å². The SMILES string of the molecule is CCCN(Cc1ccccc1)C(=O)CN(Cc1ccc2ccccc2c1)C(=O)CN(Cc1ccc2ccccc2c1)C(=O)OC1CCNCC1. The highest BCUT2D eigenvalue weighted by molar-refractivity contribution is 5.88. The third kappa shape index (κ3) is 9.27. The molecule has 5 aromatic rings. The van der Waals surface area contributed by atoms with Crippen LogP contribution >= 0.6 is 0 Å². The second-order valence-corrected chi connectivity index (χ2v) is 13.1. The molecular weight excluding hydrogens is 624 g/mol. The summed E-state index contributed by atoms with van der Waals surface area (Å²) in [5.74, 6) is -0.450. The average molecular weight is 671 g/mol. The van der Waals surface area contributed by atoms with Crippen molar-refractivity contribution in [3.05, 3.63) is 132 Å². The Bertz CT molecular complexity index is 1910. The maximum Gasteiger partial charge on any atom is 0.410 e. The molecule has 8 heteroatoms. The van der Waals surface area contributed by atoms with Gasteiger partial charge in [-0.25, -0.2) is 4.79 Å². The van der Waals surface area contributed by atoms with E-state index in [0.717, 1.165) is 70.6 Å². The van der Waals surface area contributed by atoms with Crippen molar-refractivity contribution in [1.29, 1.82) is 0 Å². The summed E-state index contributed by atoms with van der Waals surface area (Å²) in [5.41, 5.74) is 2.84.